The minimum Gasteiger partial charge on any atom is -0.435 e. The van der Waals surface area contributed by atoms with Crippen LogP contribution in [0.1, 0.15) is 0 Å². The number of imidazole rings is 1. The summed E-state index contributed by atoms with van der Waals surface area (Å²) in [5, 5.41) is -0.0372. The maximum atomic E-state index is 13.7. The first-order valence-electron chi connectivity index (χ1n) is 10.2. The summed E-state index contributed by atoms with van der Waals surface area (Å²) in [6.07, 6.45) is 3.95. The number of halogens is 2. The number of ether oxygens (including phenoxy) is 1. The molecule has 9 nitrogen and oxygen atoms in total. The van der Waals surface area contributed by atoms with Crippen molar-refractivity contribution in [1.82, 2.24) is 24.1 Å². The predicted octanol–water partition coefficient (Wildman–Crippen LogP) is 3.34. The van der Waals surface area contributed by atoms with E-state index in [4.69, 9.17) is 0 Å². The van der Waals surface area contributed by atoms with E-state index in [1.165, 1.54) is 35.0 Å². The van der Waals surface area contributed by atoms with E-state index in [-0.39, 0.29) is 17.1 Å². The van der Waals surface area contributed by atoms with Crippen LogP contribution in [0.3, 0.4) is 0 Å². The van der Waals surface area contributed by atoms with E-state index in [1.54, 1.807) is 24.5 Å². The van der Waals surface area contributed by atoms with E-state index in [2.05, 4.69) is 19.7 Å². The highest BCUT2D eigenvalue weighted by Crippen LogP contribution is 2.26. The standard InChI is InChI=1S/C23H17F2N5O4S/c1-29-12-27-18-8-3-13(10-19(18)29)17-9-14-11-26-23(35(2,32)33)28-20(14)30(21(17)31)15-4-6-16(7-5-15)34-22(24)25/h3-12,22H,1-2H3. The first-order chi connectivity index (χ1) is 16.6. The first-order valence-corrected chi connectivity index (χ1v) is 12.1. The average molecular weight is 497 g/mol. The summed E-state index contributed by atoms with van der Waals surface area (Å²) < 4.78 is 56.7. The smallest absolute Gasteiger partial charge is 0.387 e. The van der Waals surface area contributed by atoms with Gasteiger partial charge in [0.2, 0.25) is 15.0 Å². The summed E-state index contributed by atoms with van der Waals surface area (Å²) in [5.41, 5.74) is 2.33. The van der Waals surface area contributed by atoms with Gasteiger partial charge in [-0.05, 0) is 48.0 Å². The molecule has 0 atom stereocenters. The van der Waals surface area contributed by atoms with Gasteiger partial charge in [-0.2, -0.15) is 13.8 Å². The number of alkyl halides is 2. The number of hydrogen-bond acceptors (Lipinski definition) is 7. The van der Waals surface area contributed by atoms with Crippen LogP contribution in [0.15, 0.2) is 71.0 Å². The fourth-order valence-corrected chi connectivity index (χ4v) is 4.27. The monoisotopic (exact) mass is 497 g/mol. The molecule has 0 unspecified atom stereocenters. The van der Waals surface area contributed by atoms with Crippen LogP contribution in [-0.2, 0) is 16.9 Å². The molecule has 0 spiro atoms. The van der Waals surface area contributed by atoms with Gasteiger partial charge in [-0.1, -0.05) is 6.07 Å². The van der Waals surface area contributed by atoms with Crippen molar-refractivity contribution in [1.29, 1.82) is 0 Å². The van der Waals surface area contributed by atoms with Crippen molar-refractivity contribution < 1.29 is 21.9 Å². The van der Waals surface area contributed by atoms with Gasteiger partial charge < -0.3 is 9.30 Å². The molecular formula is C23H17F2N5O4S. The summed E-state index contributed by atoms with van der Waals surface area (Å²) in [6.45, 7) is -3.00. The summed E-state index contributed by atoms with van der Waals surface area (Å²) in [6, 6.07) is 12.3. The number of pyridine rings is 1. The SMILES string of the molecule is Cn1cnc2ccc(-c3cc4cnc(S(C)(=O)=O)nc4n(-c4ccc(OC(F)F)cc4)c3=O)cc21. The summed E-state index contributed by atoms with van der Waals surface area (Å²) in [4.78, 5) is 26.1. The molecule has 0 aliphatic heterocycles. The summed E-state index contributed by atoms with van der Waals surface area (Å²) >= 11 is 0. The van der Waals surface area contributed by atoms with Crippen molar-refractivity contribution in [3.63, 3.8) is 0 Å². The van der Waals surface area contributed by atoms with Gasteiger partial charge in [-0.3, -0.25) is 9.36 Å². The molecule has 12 heteroatoms. The first kappa shape index (κ1) is 22.6. The maximum absolute atomic E-state index is 13.7. The molecule has 5 rings (SSSR count). The Kier molecular flexibility index (Phi) is 5.32. The number of fused-ring (bicyclic) bond motifs is 2. The molecule has 3 heterocycles. The van der Waals surface area contributed by atoms with E-state index in [1.807, 2.05) is 17.7 Å². The van der Waals surface area contributed by atoms with Crippen LogP contribution in [0.5, 0.6) is 5.75 Å². The van der Waals surface area contributed by atoms with E-state index >= 15 is 0 Å². The lowest BCUT2D eigenvalue weighted by atomic mass is 10.0. The molecule has 0 saturated heterocycles. The largest absolute Gasteiger partial charge is 0.435 e. The van der Waals surface area contributed by atoms with Crippen molar-refractivity contribution >= 4 is 31.9 Å². The van der Waals surface area contributed by atoms with Gasteiger partial charge in [0.25, 0.3) is 5.56 Å². The molecule has 0 aliphatic rings. The van der Waals surface area contributed by atoms with Crippen LogP contribution in [-0.4, -0.2) is 45.4 Å². The van der Waals surface area contributed by atoms with Crippen molar-refractivity contribution in [2.24, 2.45) is 7.05 Å². The lowest BCUT2D eigenvalue weighted by Crippen LogP contribution is -2.22. The predicted molar refractivity (Wildman–Crippen MR) is 125 cm³/mol. The van der Waals surface area contributed by atoms with Gasteiger partial charge >= 0.3 is 6.61 Å². The number of hydrogen-bond donors (Lipinski definition) is 0. The number of benzene rings is 2. The average Bonchev–Trinajstić information content (AvgIpc) is 3.18. The quantitative estimate of drug-likeness (QED) is 0.343. The maximum Gasteiger partial charge on any atom is 0.387 e. The number of nitrogens with zero attached hydrogens (tertiary/aromatic N) is 5. The Morgan fingerprint density at radius 1 is 1.03 bits per heavy atom. The Bertz CT molecular complexity index is 1760. The van der Waals surface area contributed by atoms with E-state index in [9.17, 15) is 22.0 Å². The molecule has 0 radical (unpaired) electrons. The fourth-order valence-electron chi connectivity index (χ4n) is 3.78. The number of aryl methyl sites for hydroxylation is 1. The lowest BCUT2D eigenvalue weighted by Gasteiger charge is -2.14. The van der Waals surface area contributed by atoms with Crippen molar-refractivity contribution in [2.75, 3.05) is 6.26 Å². The Morgan fingerprint density at radius 2 is 1.77 bits per heavy atom. The molecule has 0 aliphatic carbocycles. The van der Waals surface area contributed by atoms with Crippen LogP contribution in [0.2, 0.25) is 0 Å². The van der Waals surface area contributed by atoms with Gasteiger partial charge in [0.15, 0.2) is 5.65 Å². The third kappa shape index (κ3) is 4.12. The highest BCUT2D eigenvalue weighted by Gasteiger charge is 2.19. The van der Waals surface area contributed by atoms with Crippen molar-refractivity contribution in [3.05, 3.63) is 71.4 Å². The Balaban J connectivity index is 1.79. The summed E-state index contributed by atoms with van der Waals surface area (Å²) in [7, 11) is -1.93. The van der Waals surface area contributed by atoms with Gasteiger partial charge in [0.05, 0.1) is 23.0 Å². The number of aromatic nitrogens is 5. The minimum atomic E-state index is -3.76. The Hall–Kier alpha value is -4.19. The second-order valence-corrected chi connectivity index (χ2v) is 9.74. The van der Waals surface area contributed by atoms with Crippen LogP contribution < -0.4 is 10.3 Å². The third-order valence-electron chi connectivity index (χ3n) is 5.41. The molecule has 0 N–H and O–H groups in total. The molecule has 35 heavy (non-hydrogen) atoms. The van der Waals surface area contributed by atoms with E-state index in [0.29, 0.717) is 16.5 Å². The fraction of sp³-hybridized carbons (Fsp3) is 0.130. The second-order valence-electron chi connectivity index (χ2n) is 7.83. The molecule has 2 aromatic carbocycles. The highest BCUT2D eigenvalue weighted by atomic mass is 32.2. The van der Waals surface area contributed by atoms with Crippen LogP contribution in [0, 0.1) is 0 Å². The normalized spacial score (nSPS) is 12.0. The molecule has 3 aromatic heterocycles. The topological polar surface area (TPSA) is 109 Å². The Labute approximate surface area is 197 Å². The van der Waals surface area contributed by atoms with Crippen molar-refractivity contribution in [2.45, 2.75) is 11.8 Å². The van der Waals surface area contributed by atoms with Crippen LogP contribution >= 0.6 is 0 Å². The molecule has 178 valence electrons. The zero-order chi connectivity index (χ0) is 24.9. The lowest BCUT2D eigenvalue weighted by molar-refractivity contribution is -0.0498. The number of sulfone groups is 1. The van der Waals surface area contributed by atoms with Gasteiger partial charge in [-0.15, -0.1) is 0 Å². The zero-order valence-corrected chi connectivity index (χ0v) is 19.2. The highest BCUT2D eigenvalue weighted by molar-refractivity contribution is 7.90. The zero-order valence-electron chi connectivity index (χ0n) is 18.4. The molecule has 0 fully saturated rings. The van der Waals surface area contributed by atoms with Gasteiger partial charge in [0, 0.05) is 30.4 Å². The Morgan fingerprint density at radius 3 is 2.46 bits per heavy atom. The molecule has 0 bridgehead atoms. The van der Waals surface area contributed by atoms with Gasteiger partial charge in [0.1, 0.15) is 5.75 Å². The number of rotatable bonds is 5. The van der Waals surface area contributed by atoms with E-state index in [0.717, 1.165) is 17.3 Å². The molecule has 0 saturated carbocycles. The van der Waals surface area contributed by atoms with Crippen molar-refractivity contribution in [3.8, 4) is 22.6 Å². The summed E-state index contributed by atoms with van der Waals surface area (Å²) in [5.74, 6) is -0.0923. The molecule has 0 amide bonds. The van der Waals surface area contributed by atoms with Gasteiger partial charge in [-0.25, -0.2) is 18.4 Å². The van der Waals surface area contributed by atoms with E-state index < -0.39 is 27.2 Å². The third-order valence-corrected chi connectivity index (χ3v) is 6.27. The molecule has 5 aromatic rings. The van der Waals surface area contributed by atoms with Crippen LogP contribution in [0.4, 0.5) is 8.78 Å². The molecular weight excluding hydrogens is 480 g/mol. The van der Waals surface area contributed by atoms with Crippen LogP contribution in [0.25, 0.3) is 38.9 Å². The second kappa shape index (κ2) is 8.24. The minimum absolute atomic E-state index is 0.0540.